The molecule has 2 fully saturated rings. The van der Waals surface area contributed by atoms with Gasteiger partial charge >= 0.3 is 0 Å². The van der Waals surface area contributed by atoms with E-state index in [4.69, 9.17) is 0 Å². The predicted octanol–water partition coefficient (Wildman–Crippen LogP) is 0.703. The Bertz CT molecular complexity index is 361. The molecule has 4 heteroatoms. The average molecular weight is 220 g/mol. The molecule has 2 heterocycles. The van der Waals surface area contributed by atoms with Gasteiger partial charge in [0.2, 0.25) is 0 Å². The highest BCUT2D eigenvalue weighted by molar-refractivity contribution is 5.19. The third-order valence-electron chi connectivity index (χ3n) is 3.56. The van der Waals surface area contributed by atoms with Crippen LogP contribution in [0.1, 0.15) is 30.1 Å². The van der Waals surface area contributed by atoms with Gasteiger partial charge in [-0.05, 0) is 18.9 Å². The minimum atomic E-state index is 0.800. The maximum atomic E-state index is 4.62. The number of hydrogen-bond donors (Lipinski definition) is 1. The van der Waals surface area contributed by atoms with Crippen LogP contribution in [0.15, 0.2) is 6.07 Å². The molecule has 1 N–H and O–H groups in total. The Morgan fingerprint density at radius 2 is 2.12 bits per heavy atom. The molecule has 1 saturated heterocycles. The number of rotatable bonds is 3. The van der Waals surface area contributed by atoms with Crippen LogP contribution in [0.25, 0.3) is 0 Å². The minimum Gasteiger partial charge on any atom is -0.314 e. The van der Waals surface area contributed by atoms with Crippen LogP contribution in [0.2, 0.25) is 0 Å². The summed E-state index contributed by atoms with van der Waals surface area (Å²) >= 11 is 0. The van der Waals surface area contributed by atoms with Crippen molar-refractivity contribution >= 4 is 0 Å². The van der Waals surface area contributed by atoms with E-state index in [1.807, 2.05) is 0 Å². The number of piperazine rings is 1. The van der Waals surface area contributed by atoms with Gasteiger partial charge in [-0.1, -0.05) is 0 Å². The van der Waals surface area contributed by atoms with Crippen LogP contribution in [-0.4, -0.2) is 40.9 Å². The summed E-state index contributed by atoms with van der Waals surface area (Å²) in [6, 6.07) is 2.31. The summed E-state index contributed by atoms with van der Waals surface area (Å²) in [5.74, 6) is 0.800. The van der Waals surface area contributed by atoms with E-state index in [0.717, 1.165) is 38.6 Å². The summed E-state index contributed by atoms with van der Waals surface area (Å²) in [6.45, 7) is 5.54. The van der Waals surface area contributed by atoms with E-state index in [2.05, 4.69) is 33.1 Å². The summed E-state index contributed by atoms with van der Waals surface area (Å²) < 4.78 is 2.08. The molecule has 2 aliphatic rings. The van der Waals surface area contributed by atoms with Gasteiger partial charge in [-0.2, -0.15) is 5.10 Å². The molecule has 0 radical (unpaired) electrons. The van der Waals surface area contributed by atoms with Crippen molar-refractivity contribution in [3.05, 3.63) is 17.5 Å². The molecule has 0 amide bonds. The van der Waals surface area contributed by atoms with E-state index in [9.17, 15) is 0 Å². The van der Waals surface area contributed by atoms with Gasteiger partial charge < -0.3 is 5.32 Å². The molecular weight excluding hydrogens is 200 g/mol. The molecule has 0 aromatic carbocycles. The third-order valence-corrected chi connectivity index (χ3v) is 3.56. The lowest BCUT2D eigenvalue weighted by atomic mass is 10.2. The van der Waals surface area contributed by atoms with E-state index < -0.39 is 0 Å². The standard InChI is InChI=1S/C12H20N4/c1-15-12(10-2-3-10)8-11(14-15)9-16-6-4-13-5-7-16/h8,10,13H,2-7,9H2,1H3. The normalized spacial score (nSPS) is 22.6. The van der Waals surface area contributed by atoms with Crippen molar-refractivity contribution in [1.82, 2.24) is 20.0 Å². The number of aromatic nitrogens is 2. The number of aryl methyl sites for hydroxylation is 1. The van der Waals surface area contributed by atoms with Gasteiger partial charge in [0.05, 0.1) is 5.69 Å². The molecule has 16 heavy (non-hydrogen) atoms. The molecule has 4 nitrogen and oxygen atoms in total. The highest BCUT2D eigenvalue weighted by atomic mass is 15.3. The van der Waals surface area contributed by atoms with Gasteiger partial charge in [0, 0.05) is 51.4 Å². The lowest BCUT2D eigenvalue weighted by molar-refractivity contribution is 0.230. The zero-order valence-electron chi connectivity index (χ0n) is 9.95. The SMILES string of the molecule is Cn1nc(CN2CCNCC2)cc1C1CC1. The first kappa shape index (κ1) is 10.3. The second kappa shape index (κ2) is 4.18. The van der Waals surface area contributed by atoms with Gasteiger partial charge in [-0.25, -0.2) is 0 Å². The molecule has 0 atom stereocenters. The Hall–Kier alpha value is -0.870. The molecule has 1 aromatic rings. The minimum absolute atomic E-state index is 0.800. The topological polar surface area (TPSA) is 33.1 Å². The summed E-state index contributed by atoms with van der Waals surface area (Å²) in [5.41, 5.74) is 2.68. The number of hydrogen-bond acceptors (Lipinski definition) is 3. The van der Waals surface area contributed by atoms with Gasteiger partial charge in [0.25, 0.3) is 0 Å². The molecular formula is C12H20N4. The van der Waals surface area contributed by atoms with Gasteiger partial charge in [-0.15, -0.1) is 0 Å². The molecule has 1 aromatic heterocycles. The Kier molecular flexibility index (Phi) is 2.69. The van der Waals surface area contributed by atoms with Crippen molar-refractivity contribution in [1.29, 1.82) is 0 Å². The van der Waals surface area contributed by atoms with E-state index in [1.54, 1.807) is 0 Å². The lowest BCUT2D eigenvalue weighted by Gasteiger charge is -2.26. The van der Waals surface area contributed by atoms with Crippen LogP contribution in [-0.2, 0) is 13.6 Å². The van der Waals surface area contributed by atoms with Crippen LogP contribution in [0.4, 0.5) is 0 Å². The first-order valence-corrected chi connectivity index (χ1v) is 6.29. The van der Waals surface area contributed by atoms with Crippen LogP contribution in [0.5, 0.6) is 0 Å². The zero-order chi connectivity index (χ0) is 11.0. The Balaban J connectivity index is 1.66. The Morgan fingerprint density at radius 1 is 1.38 bits per heavy atom. The predicted molar refractivity (Wildman–Crippen MR) is 63.3 cm³/mol. The molecule has 1 aliphatic heterocycles. The van der Waals surface area contributed by atoms with Gasteiger partial charge in [-0.3, -0.25) is 9.58 Å². The summed E-state index contributed by atoms with van der Waals surface area (Å²) in [7, 11) is 2.08. The quantitative estimate of drug-likeness (QED) is 0.814. The van der Waals surface area contributed by atoms with Crippen molar-refractivity contribution in [3.63, 3.8) is 0 Å². The van der Waals surface area contributed by atoms with E-state index >= 15 is 0 Å². The highest BCUT2D eigenvalue weighted by Crippen LogP contribution is 2.39. The van der Waals surface area contributed by atoms with Gasteiger partial charge in [0.15, 0.2) is 0 Å². The molecule has 0 bridgehead atoms. The zero-order valence-corrected chi connectivity index (χ0v) is 9.95. The Labute approximate surface area is 96.6 Å². The fourth-order valence-corrected chi connectivity index (χ4v) is 2.48. The Morgan fingerprint density at radius 3 is 2.81 bits per heavy atom. The average Bonchev–Trinajstić information content (AvgIpc) is 3.06. The molecule has 0 spiro atoms. The molecule has 88 valence electrons. The lowest BCUT2D eigenvalue weighted by Crippen LogP contribution is -2.42. The van der Waals surface area contributed by atoms with E-state index in [1.165, 1.54) is 24.2 Å². The summed E-state index contributed by atoms with van der Waals surface area (Å²) in [5, 5.41) is 8.00. The monoisotopic (exact) mass is 220 g/mol. The van der Waals surface area contributed by atoms with Gasteiger partial charge in [0.1, 0.15) is 0 Å². The highest BCUT2D eigenvalue weighted by Gasteiger charge is 2.27. The largest absolute Gasteiger partial charge is 0.314 e. The van der Waals surface area contributed by atoms with Crippen molar-refractivity contribution in [2.75, 3.05) is 26.2 Å². The number of nitrogens with zero attached hydrogens (tertiary/aromatic N) is 3. The fraction of sp³-hybridized carbons (Fsp3) is 0.750. The molecule has 1 saturated carbocycles. The maximum Gasteiger partial charge on any atom is 0.0767 e. The van der Waals surface area contributed by atoms with E-state index in [-0.39, 0.29) is 0 Å². The summed E-state index contributed by atoms with van der Waals surface area (Å²) in [6.07, 6.45) is 2.71. The second-order valence-electron chi connectivity index (χ2n) is 4.98. The van der Waals surface area contributed by atoms with Crippen molar-refractivity contribution in [2.24, 2.45) is 7.05 Å². The van der Waals surface area contributed by atoms with Crippen molar-refractivity contribution in [3.8, 4) is 0 Å². The van der Waals surface area contributed by atoms with Crippen LogP contribution in [0, 0.1) is 0 Å². The summed E-state index contributed by atoms with van der Waals surface area (Å²) in [4.78, 5) is 2.48. The van der Waals surface area contributed by atoms with Crippen LogP contribution < -0.4 is 5.32 Å². The molecule has 1 aliphatic carbocycles. The van der Waals surface area contributed by atoms with Crippen LogP contribution in [0.3, 0.4) is 0 Å². The molecule has 3 rings (SSSR count). The first-order valence-electron chi connectivity index (χ1n) is 6.29. The smallest absolute Gasteiger partial charge is 0.0767 e. The van der Waals surface area contributed by atoms with Crippen molar-refractivity contribution in [2.45, 2.75) is 25.3 Å². The van der Waals surface area contributed by atoms with E-state index in [0.29, 0.717) is 0 Å². The first-order chi connectivity index (χ1) is 7.83. The van der Waals surface area contributed by atoms with Crippen LogP contribution >= 0.6 is 0 Å². The van der Waals surface area contributed by atoms with Crippen molar-refractivity contribution < 1.29 is 0 Å². The fourth-order valence-electron chi connectivity index (χ4n) is 2.48. The maximum absolute atomic E-state index is 4.62. The third kappa shape index (κ3) is 2.13. The number of nitrogens with one attached hydrogen (secondary N) is 1. The second-order valence-corrected chi connectivity index (χ2v) is 4.98. The molecule has 0 unspecified atom stereocenters.